The van der Waals surface area contributed by atoms with Crippen molar-refractivity contribution < 1.29 is 4.57 Å². The van der Waals surface area contributed by atoms with E-state index in [1.807, 2.05) is 0 Å². The third kappa shape index (κ3) is 20.6. The summed E-state index contributed by atoms with van der Waals surface area (Å²) < 4.78 is 4.79. The summed E-state index contributed by atoms with van der Waals surface area (Å²) in [5.41, 5.74) is 0. The van der Waals surface area contributed by atoms with Gasteiger partial charge in [0.15, 0.2) is 0 Å². The zero-order chi connectivity index (χ0) is 24.5. The maximum Gasteiger partial charge on any atom is 0.243 e. The lowest BCUT2D eigenvalue weighted by molar-refractivity contribution is -0.696. The molecular formula is C32H63N2+. The highest BCUT2D eigenvalue weighted by molar-refractivity contribution is 4.66. The number of aryl methyl sites for hydroxylation is 2. The summed E-state index contributed by atoms with van der Waals surface area (Å²) in [7, 11) is 0. The second kappa shape index (κ2) is 23.9. The van der Waals surface area contributed by atoms with Crippen LogP contribution in [0.2, 0.25) is 0 Å². The fraction of sp³-hybridized carbons (Fsp3) is 0.906. The number of hydrogen-bond acceptors (Lipinski definition) is 0. The van der Waals surface area contributed by atoms with E-state index < -0.39 is 0 Å². The number of rotatable bonds is 26. The van der Waals surface area contributed by atoms with Gasteiger partial charge >= 0.3 is 0 Å². The molecule has 0 radical (unpaired) electrons. The van der Waals surface area contributed by atoms with Crippen molar-refractivity contribution in [3.8, 4) is 0 Å². The van der Waals surface area contributed by atoms with Crippen LogP contribution >= 0.6 is 0 Å². The Morgan fingerprint density at radius 3 is 1.50 bits per heavy atom. The Hall–Kier alpha value is -0.790. The highest BCUT2D eigenvalue weighted by Gasteiger charge is 2.04. The third-order valence-corrected chi connectivity index (χ3v) is 7.46. The number of unbranched alkanes of at least 4 members (excludes halogenated alkanes) is 20. The molecule has 0 atom stereocenters. The lowest BCUT2D eigenvalue weighted by Gasteiger charge is -2.04. The number of aromatic nitrogens is 2. The fourth-order valence-corrected chi connectivity index (χ4v) is 5.10. The van der Waals surface area contributed by atoms with Crippen LogP contribution in [0.15, 0.2) is 18.7 Å². The molecule has 200 valence electrons. The van der Waals surface area contributed by atoms with Gasteiger partial charge in [-0.25, -0.2) is 9.13 Å². The van der Waals surface area contributed by atoms with Crippen molar-refractivity contribution >= 4 is 0 Å². The van der Waals surface area contributed by atoms with Crippen LogP contribution in [0.1, 0.15) is 168 Å². The third-order valence-electron chi connectivity index (χ3n) is 7.46. The SMILES string of the molecule is CCCCCCCCCCCCCCCCCCCn1cc[n+](CCCCCCCC(C)C)c1. The van der Waals surface area contributed by atoms with Crippen LogP contribution in [0.25, 0.3) is 0 Å². The van der Waals surface area contributed by atoms with Gasteiger partial charge in [0.25, 0.3) is 0 Å². The molecule has 1 aromatic heterocycles. The maximum atomic E-state index is 2.40. The van der Waals surface area contributed by atoms with Crippen LogP contribution < -0.4 is 4.57 Å². The van der Waals surface area contributed by atoms with Crippen molar-refractivity contribution in [1.29, 1.82) is 0 Å². The molecule has 0 aromatic carbocycles. The van der Waals surface area contributed by atoms with Crippen LogP contribution in [0, 0.1) is 5.92 Å². The summed E-state index contributed by atoms with van der Waals surface area (Å²) in [5.74, 6) is 0.870. The second-order valence-electron chi connectivity index (χ2n) is 11.5. The van der Waals surface area contributed by atoms with E-state index in [4.69, 9.17) is 0 Å². The Morgan fingerprint density at radius 1 is 0.559 bits per heavy atom. The number of nitrogens with zero attached hydrogens (tertiary/aromatic N) is 2. The Balaban J connectivity index is 1.81. The van der Waals surface area contributed by atoms with E-state index in [0.717, 1.165) is 5.92 Å². The van der Waals surface area contributed by atoms with Gasteiger partial charge in [0, 0.05) is 0 Å². The Labute approximate surface area is 215 Å². The van der Waals surface area contributed by atoms with Crippen LogP contribution in [0.5, 0.6) is 0 Å². The van der Waals surface area contributed by atoms with Gasteiger partial charge in [0.1, 0.15) is 12.4 Å². The summed E-state index contributed by atoms with van der Waals surface area (Å²) in [6, 6.07) is 0. The summed E-state index contributed by atoms with van der Waals surface area (Å²) in [6.07, 6.45) is 39.8. The van der Waals surface area contributed by atoms with Gasteiger partial charge in [0.05, 0.1) is 13.1 Å². The van der Waals surface area contributed by atoms with Crippen molar-refractivity contribution in [2.45, 2.75) is 182 Å². The van der Waals surface area contributed by atoms with Crippen LogP contribution in [-0.2, 0) is 13.1 Å². The molecule has 0 aliphatic rings. The highest BCUT2D eigenvalue weighted by Crippen LogP contribution is 2.14. The van der Waals surface area contributed by atoms with Gasteiger partial charge in [-0.2, -0.15) is 0 Å². The van der Waals surface area contributed by atoms with E-state index in [1.54, 1.807) is 0 Å². The van der Waals surface area contributed by atoms with Gasteiger partial charge in [-0.05, 0) is 31.6 Å². The summed E-state index contributed by atoms with van der Waals surface area (Å²) in [4.78, 5) is 0. The van der Waals surface area contributed by atoms with Crippen LogP contribution in [-0.4, -0.2) is 4.57 Å². The van der Waals surface area contributed by atoms with Gasteiger partial charge in [-0.15, -0.1) is 0 Å². The van der Waals surface area contributed by atoms with Crippen LogP contribution in [0.4, 0.5) is 0 Å². The Kier molecular flexibility index (Phi) is 22.0. The lowest BCUT2D eigenvalue weighted by Crippen LogP contribution is -2.30. The van der Waals surface area contributed by atoms with Gasteiger partial charge < -0.3 is 0 Å². The standard InChI is InChI=1S/C32H63N2/c1-4-5-6-7-8-9-10-11-12-13-14-15-16-17-18-21-24-27-33-29-30-34(31-33)28-25-22-19-20-23-26-32(2)3/h29-32H,4-28H2,1-3H3/q+1. The minimum absolute atomic E-state index is 0.870. The first kappa shape index (κ1) is 31.2. The molecule has 2 heteroatoms. The molecule has 34 heavy (non-hydrogen) atoms. The fourth-order valence-electron chi connectivity index (χ4n) is 5.10. The minimum Gasteiger partial charge on any atom is -0.237 e. The highest BCUT2D eigenvalue weighted by atomic mass is 15.1. The van der Waals surface area contributed by atoms with Gasteiger partial charge in [0.2, 0.25) is 6.33 Å². The molecule has 0 aliphatic carbocycles. The molecule has 0 N–H and O–H groups in total. The molecule has 1 rings (SSSR count). The van der Waals surface area contributed by atoms with E-state index in [1.165, 1.54) is 161 Å². The summed E-state index contributed by atoms with van der Waals surface area (Å²) in [5, 5.41) is 0. The quantitative estimate of drug-likeness (QED) is 0.0930. The lowest BCUT2D eigenvalue weighted by atomic mass is 10.0. The maximum absolute atomic E-state index is 2.40. The molecule has 1 heterocycles. The molecular weight excluding hydrogens is 412 g/mol. The molecule has 0 unspecified atom stereocenters. The van der Waals surface area contributed by atoms with E-state index >= 15 is 0 Å². The van der Waals surface area contributed by atoms with E-state index in [2.05, 4.69) is 48.6 Å². The van der Waals surface area contributed by atoms with E-state index in [0.29, 0.717) is 0 Å². The van der Waals surface area contributed by atoms with Crippen LogP contribution in [0.3, 0.4) is 0 Å². The summed E-state index contributed by atoms with van der Waals surface area (Å²) in [6.45, 7) is 9.36. The predicted octanol–water partition coefficient (Wildman–Crippen LogP) is 10.4. The molecule has 0 spiro atoms. The van der Waals surface area contributed by atoms with Crippen molar-refractivity contribution in [1.82, 2.24) is 4.57 Å². The minimum atomic E-state index is 0.870. The van der Waals surface area contributed by atoms with Crippen molar-refractivity contribution in [2.75, 3.05) is 0 Å². The Bertz CT molecular complexity index is 519. The average Bonchev–Trinajstić information content (AvgIpc) is 3.28. The molecule has 1 aromatic rings. The monoisotopic (exact) mass is 475 g/mol. The van der Waals surface area contributed by atoms with Crippen molar-refractivity contribution in [2.24, 2.45) is 5.92 Å². The smallest absolute Gasteiger partial charge is 0.237 e. The molecule has 0 saturated heterocycles. The molecule has 0 bridgehead atoms. The number of hydrogen-bond donors (Lipinski definition) is 0. The molecule has 0 saturated carbocycles. The summed E-state index contributed by atoms with van der Waals surface area (Å²) >= 11 is 0. The molecule has 0 amide bonds. The number of imidazole rings is 1. The largest absolute Gasteiger partial charge is 0.243 e. The first-order chi connectivity index (χ1) is 16.7. The average molecular weight is 476 g/mol. The zero-order valence-electron chi connectivity index (χ0n) is 23.9. The Morgan fingerprint density at radius 2 is 1.00 bits per heavy atom. The topological polar surface area (TPSA) is 8.81 Å². The van der Waals surface area contributed by atoms with Crippen molar-refractivity contribution in [3.05, 3.63) is 18.7 Å². The zero-order valence-corrected chi connectivity index (χ0v) is 23.9. The molecule has 0 aliphatic heterocycles. The van der Waals surface area contributed by atoms with Gasteiger partial charge in [-0.1, -0.05) is 143 Å². The van der Waals surface area contributed by atoms with Gasteiger partial charge in [-0.3, -0.25) is 0 Å². The molecule has 0 fully saturated rings. The first-order valence-electron chi connectivity index (χ1n) is 15.8. The first-order valence-corrected chi connectivity index (χ1v) is 15.8. The predicted molar refractivity (Wildman–Crippen MR) is 151 cm³/mol. The van der Waals surface area contributed by atoms with Crippen molar-refractivity contribution in [3.63, 3.8) is 0 Å². The molecule has 2 nitrogen and oxygen atoms in total. The van der Waals surface area contributed by atoms with E-state index in [-0.39, 0.29) is 0 Å². The normalized spacial score (nSPS) is 11.6. The second-order valence-corrected chi connectivity index (χ2v) is 11.5. The van der Waals surface area contributed by atoms with E-state index in [9.17, 15) is 0 Å².